The third-order valence-corrected chi connectivity index (χ3v) is 4.97. The number of hydrogen-bond donors (Lipinski definition) is 1. The second-order valence-electron chi connectivity index (χ2n) is 6.76. The van der Waals surface area contributed by atoms with Crippen LogP contribution in [0.15, 0.2) is 0 Å². The van der Waals surface area contributed by atoms with Crippen LogP contribution in [0.5, 0.6) is 0 Å². The average molecular weight is 310 g/mol. The molecule has 1 aliphatic carbocycles. The van der Waals surface area contributed by atoms with Gasteiger partial charge in [-0.3, -0.25) is 14.4 Å². The molecule has 0 unspecified atom stereocenters. The summed E-state index contributed by atoms with van der Waals surface area (Å²) in [4.78, 5) is 38.5. The lowest BCUT2D eigenvalue weighted by Gasteiger charge is -2.33. The van der Waals surface area contributed by atoms with Gasteiger partial charge in [0, 0.05) is 32.6 Å². The normalized spacial score (nSPS) is 28.7. The first-order valence-electron chi connectivity index (χ1n) is 8.14. The topological polar surface area (TPSA) is 77.9 Å². The number of carboxylic acids is 1. The van der Waals surface area contributed by atoms with Crippen LogP contribution in [-0.4, -0.2) is 58.9 Å². The van der Waals surface area contributed by atoms with Crippen LogP contribution in [0.1, 0.15) is 45.4 Å². The van der Waals surface area contributed by atoms with E-state index in [1.54, 1.807) is 7.05 Å². The highest BCUT2D eigenvalue weighted by atomic mass is 16.4. The van der Waals surface area contributed by atoms with Gasteiger partial charge in [0.2, 0.25) is 11.8 Å². The van der Waals surface area contributed by atoms with Crippen molar-refractivity contribution in [2.75, 3.05) is 20.1 Å². The molecule has 0 aromatic rings. The highest BCUT2D eigenvalue weighted by Crippen LogP contribution is 2.31. The Morgan fingerprint density at radius 1 is 1.27 bits per heavy atom. The van der Waals surface area contributed by atoms with E-state index in [-0.39, 0.29) is 43.2 Å². The minimum atomic E-state index is -0.917. The predicted molar refractivity (Wildman–Crippen MR) is 81.1 cm³/mol. The second-order valence-corrected chi connectivity index (χ2v) is 6.76. The molecule has 2 rings (SSSR count). The van der Waals surface area contributed by atoms with Crippen molar-refractivity contribution >= 4 is 17.8 Å². The molecule has 1 saturated carbocycles. The van der Waals surface area contributed by atoms with Gasteiger partial charge >= 0.3 is 5.97 Å². The van der Waals surface area contributed by atoms with Gasteiger partial charge in [-0.1, -0.05) is 6.92 Å². The summed E-state index contributed by atoms with van der Waals surface area (Å²) in [6.45, 7) is 2.93. The maximum Gasteiger partial charge on any atom is 0.305 e. The number of rotatable bonds is 5. The fourth-order valence-electron chi connectivity index (χ4n) is 3.49. The first-order chi connectivity index (χ1) is 10.4. The third kappa shape index (κ3) is 3.99. The Balaban J connectivity index is 1.88. The van der Waals surface area contributed by atoms with Gasteiger partial charge in [-0.2, -0.15) is 0 Å². The number of carbonyl (C=O) groups is 3. The lowest BCUT2D eigenvalue weighted by Crippen LogP contribution is -2.40. The summed E-state index contributed by atoms with van der Waals surface area (Å²) in [7, 11) is 1.61. The number of carbonyl (C=O) groups excluding carboxylic acids is 2. The van der Waals surface area contributed by atoms with Crippen LogP contribution in [0.2, 0.25) is 0 Å². The zero-order valence-electron chi connectivity index (χ0n) is 13.5. The molecule has 1 heterocycles. The van der Waals surface area contributed by atoms with E-state index in [1.165, 1.54) is 4.90 Å². The van der Waals surface area contributed by atoms with Crippen LogP contribution in [0.25, 0.3) is 0 Å². The molecule has 0 radical (unpaired) electrons. The van der Waals surface area contributed by atoms with E-state index in [4.69, 9.17) is 5.11 Å². The van der Waals surface area contributed by atoms with Crippen molar-refractivity contribution in [2.24, 2.45) is 11.8 Å². The molecule has 1 saturated heterocycles. The van der Waals surface area contributed by atoms with Gasteiger partial charge in [0.15, 0.2) is 0 Å². The molecule has 0 aromatic carbocycles. The quantitative estimate of drug-likeness (QED) is 0.831. The van der Waals surface area contributed by atoms with Crippen molar-refractivity contribution in [3.63, 3.8) is 0 Å². The van der Waals surface area contributed by atoms with Gasteiger partial charge in [0.1, 0.15) is 0 Å². The lowest BCUT2D eigenvalue weighted by atomic mass is 9.86. The van der Waals surface area contributed by atoms with Gasteiger partial charge < -0.3 is 14.9 Å². The van der Waals surface area contributed by atoms with E-state index < -0.39 is 5.97 Å². The molecule has 2 aliphatic rings. The monoisotopic (exact) mass is 310 g/mol. The van der Waals surface area contributed by atoms with E-state index in [2.05, 4.69) is 6.92 Å². The minimum absolute atomic E-state index is 0.0624. The summed E-state index contributed by atoms with van der Waals surface area (Å²) < 4.78 is 0. The number of amides is 2. The molecule has 0 spiro atoms. The van der Waals surface area contributed by atoms with Gasteiger partial charge in [0.05, 0.1) is 12.3 Å². The van der Waals surface area contributed by atoms with Crippen LogP contribution < -0.4 is 0 Å². The first kappa shape index (κ1) is 16.8. The summed E-state index contributed by atoms with van der Waals surface area (Å²) >= 11 is 0. The fourth-order valence-corrected chi connectivity index (χ4v) is 3.49. The summed E-state index contributed by atoms with van der Waals surface area (Å²) in [5, 5.41) is 8.68. The predicted octanol–water partition coefficient (Wildman–Crippen LogP) is 1.35. The molecule has 2 fully saturated rings. The highest BCUT2D eigenvalue weighted by Gasteiger charge is 2.39. The van der Waals surface area contributed by atoms with E-state index in [1.807, 2.05) is 4.90 Å². The smallest absolute Gasteiger partial charge is 0.305 e. The van der Waals surface area contributed by atoms with Crippen molar-refractivity contribution < 1.29 is 19.5 Å². The van der Waals surface area contributed by atoms with Crippen molar-refractivity contribution in [3.8, 4) is 0 Å². The average Bonchev–Trinajstić information content (AvgIpc) is 2.86. The Kier molecular flexibility index (Phi) is 5.42. The number of aliphatic carboxylic acids is 1. The number of hydrogen-bond acceptors (Lipinski definition) is 3. The van der Waals surface area contributed by atoms with Crippen molar-refractivity contribution in [2.45, 2.75) is 51.5 Å². The Morgan fingerprint density at radius 2 is 1.91 bits per heavy atom. The molecule has 124 valence electrons. The van der Waals surface area contributed by atoms with E-state index in [0.717, 1.165) is 31.6 Å². The molecule has 0 aromatic heterocycles. The SMILES string of the molecule is CC1CCC(N2C[C@H](C(=O)N(C)CCC(=O)O)CC2=O)CC1. The molecule has 1 atom stereocenters. The van der Waals surface area contributed by atoms with Crippen molar-refractivity contribution in [1.29, 1.82) is 0 Å². The molecule has 1 aliphatic heterocycles. The summed E-state index contributed by atoms with van der Waals surface area (Å²) in [6, 6.07) is 0.283. The Labute approximate surface area is 131 Å². The summed E-state index contributed by atoms with van der Waals surface area (Å²) in [5.41, 5.74) is 0. The maximum atomic E-state index is 12.3. The Bertz CT molecular complexity index is 443. The van der Waals surface area contributed by atoms with E-state index in [9.17, 15) is 14.4 Å². The lowest BCUT2D eigenvalue weighted by molar-refractivity contribution is -0.139. The molecule has 6 nitrogen and oxygen atoms in total. The first-order valence-corrected chi connectivity index (χ1v) is 8.14. The van der Waals surface area contributed by atoms with E-state index in [0.29, 0.717) is 6.54 Å². The van der Waals surface area contributed by atoms with Gasteiger partial charge in [0.25, 0.3) is 0 Å². The minimum Gasteiger partial charge on any atom is -0.481 e. The van der Waals surface area contributed by atoms with Crippen LogP contribution in [0, 0.1) is 11.8 Å². The van der Waals surface area contributed by atoms with Crippen LogP contribution in [0.3, 0.4) is 0 Å². The zero-order chi connectivity index (χ0) is 16.3. The number of nitrogens with zero attached hydrogens (tertiary/aromatic N) is 2. The standard InChI is InChI=1S/C16H26N2O4/c1-11-3-5-13(6-4-11)18-10-12(9-14(18)19)16(22)17(2)8-7-15(20)21/h11-13H,3-10H2,1-2H3,(H,20,21)/t11?,12-,13?/m1/s1. The molecule has 6 heteroatoms. The molecule has 22 heavy (non-hydrogen) atoms. The van der Waals surface area contributed by atoms with Crippen molar-refractivity contribution in [3.05, 3.63) is 0 Å². The highest BCUT2D eigenvalue weighted by molar-refractivity contribution is 5.89. The maximum absolute atomic E-state index is 12.3. The van der Waals surface area contributed by atoms with Crippen molar-refractivity contribution in [1.82, 2.24) is 9.80 Å². The van der Waals surface area contributed by atoms with Gasteiger partial charge in [-0.15, -0.1) is 0 Å². The van der Waals surface area contributed by atoms with Crippen LogP contribution >= 0.6 is 0 Å². The third-order valence-electron chi connectivity index (χ3n) is 4.97. The van der Waals surface area contributed by atoms with Gasteiger partial charge in [-0.25, -0.2) is 0 Å². The zero-order valence-corrected chi connectivity index (χ0v) is 13.5. The van der Waals surface area contributed by atoms with Gasteiger partial charge in [-0.05, 0) is 31.6 Å². The van der Waals surface area contributed by atoms with Crippen LogP contribution in [-0.2, 0) is 14.4 Å². The van der Waals surface area contributed by atoms with E-state index >= 15 is 0 Å². The summed E-state index contributed by atoms with van der Waals surface area (Å²) in [5.74, 6) is -0.537. The molecular formula is C16H26N2O4. The Hall–Kier alpha value is -1.59. The van der Waals surface area contributed by atoms with Crippen LogP contribution in [0.4, 0.5) is 0 Å². The number of likely N-dealkylation sites (tertiary alicyclic amines) is 1. The molecule has 0 bridgehead atoms. The Morgan fingerprint density at radius 3 is 2.50 bits per heavy atom. The molecule has 1 N–H and O–H groups in total. The number of carboxylic acid groups (broad SMARTS) is 1. The fraction of sp³-hybridized carbons (Fsp3) is 0.812. The largest absolute Gasteiger partial charge is 0.481 e. The molecular weight excluding hydrogens is 284 g/mol. The summed E-state index contributed by atoms with van der Waals surface area (Å²) in [6.07, 6.45) is 4.55. The molecule has 2 amide bonds. The second kappa shape index (κ2) is 7.11.